The van der Waals surface area contributed by atoms with Gasteiger partial charge in [-0.1, -0.05) is 30.3 Å². The molecule has 1 aromatic carbocycles. The average Bonchev–Trinajstić information content (AvgIpc) is 3.14. The molecule has 7 N–H and O–H groups in total. The fraction of sp³-hybridized carbons (Fsp3) is 0.591. The van der Waals surface area contributed by atoms with Crippen LogP contribution in [-0.4, -0.2) is 75.7 Å². The van der Waals surface area contributed by atoms with Gasteiger partial charge >= 0.3 is 0 Å². The van der Waals surface area contributed by atoms with Gasteiger partial charge in [0.25, 0.3) is 0 Å². The van der Waals surface area contributed by atoms with E-state index in [4.69, 9.17) is 11.5 Å². The zero-order chi connectivity index (χ0) is 23.9. The number of aliphatic hydroxyl groups is 1. The summed E-state index contributed by atoms with van der Waals surface area (Å²) < 4.78 is 0. The Balaban J connectivity index is 2.10. The lowest BCUT2D eigenvalue weighted by molar-refractivity contribution is -0.128. The summed E-state index contributed by atoms with van der Waals surface area (Å²) in [7, 11) is 0. The van der Waals surface area contributed by atoms with E-state index in [0.29, 0.717) is 18.1 Å². The molecule has 4 atom stereocenters. The highest BCUT2D eigenvalue weighted by Gasteiger charge is 2.36. The summed E-state index contributed by atoms with van der Waals surface area (Å²) in [6, 6.07) is 7.34. The van der Waals surface area contributed by atoms with Crippen molar-refractivity contribution in [2.24, 2.45) is 11.5 Å². The van der Waals surface area contributed by atoms with Gasteiger partial charge in [0.2, 0.25) is 17.7 Å². The van der Waals surface area contributed by atoms with Gasteiger partial charge in [0.15, 0.2) is 0 Å². The molecule has 9 nitrogen and oxygen atoms in total. The number of nitrogens with one attached hydrogen (secondary N) is 2. The minimum Gasteiger partial charge on any atom is -0.390 e. The molecule has 2 rings (SSSR count). The van der Waals surface area contributed by atoms with E-state index in [-0.39, 0.29) is 30.5 Å². The largest absolute Gasteiger partial charge is 0.390 e. The lowest BCUT2D eigenvalue weighted by atomic mass is 9.99. The van der Waals surface area contributed by atoms with Crippen LogP contribution in [0.4, 0.5) is 0 Å². The van der Waals surface area contributed by atoms with Crippen LogP contribution in [0, 0.1) is 0 Å². The average molecular weight is 466 g/mol. The Morgan fingerprint density at radius 1 is 1.25 bits per heavy atom. The number of carbonyl (C=O) groups excluding carboxylic acids is 3. The maximum absolute atomic E-state index is 12.7. The lowest BCUT2D eigenvalue weighted by Crippen LogP contribution is -2.56. The van der Waals surface area contributed by atoms with E-state index in [1.807, 2.05) is 56.0 Å². The van der Waals surface area contributed by atoms with Crippen LogP contribution < -0.4 is 22.1 Å². The highest BCUT2D eigenvalue weighted by Crippen LogP contribution is 2.23. The maximum Gasteiger partial charge on any atom is 0.238 e. The summed E-state index contributed by atoms with van der Waals surface area (Å²) >= 11 is 1.62. The summed E-state index contributed by atoms with van der Waals surface area (Å²) in [6.45, 7) is 5.98. The van der Waals surface area contributed by atoms with Crippen LogP contribution >= 0.6 is 11.8 Å². The summed E-state index contributed by atoms with van der Waals surface area (Å²) in [5.41, 5.74) is 11.5. The monoisotopic (exact) mass is 465 g/mol. The van der Waals surface area contributed by atoms with Gasteiger partial charge in [-0.05, 0) is 32.8 Å². The number of nitrogens with two attached hydrogens (primary N) is 2. The molecule has 32 heavy (non-hydrogen) atoms. The molecule has 10 heteroatoms. The SMILES string of the molecule is CC(C)(C)NC(=O)[C@@H]1CSCN1C[C@@H](O)[C@H](Cc1ccccc1)NC(=O)[C@@H](N)CC(N)=O. The lowest BCUT2D eigenvalue weighted by Gasteiger charge is -2.32. The second-order valence-electron chi connectivity index (χ2n) is 9.18. The molecule has 178 valence electrons. The van der Waals surface area contributed by atoms with Crippen molar-refractivity contribution in [2.75, 3.05) is 18.2 Å². The van der Waals surface area contributed by atoms with Gasteiger partial charge in [-0.15, -0.1) is 11.8 Å². The number of hydrogen-bond acceptors (Lipinski definition) is 7. The van der Waals surface area contributed by atoms with Crippen molar-refractivity contribution in [2.45, 2.75) is 63.4 Å². The Hall–Kier alpha value is -2.14. The van der Waals surface area contributed by atoms with Crippen LogP contribution in [0.1, 0.15) is 32.8 Å². The van der Waals surface area contributed by atoms with E-state index in [9.17, 15) is 19.5 Å². The summed E-state index contributed by atoms with van der Waals surface area (Å²) in [4.78, 5) is 38.3. The summed E-state index contributed by atoms with van der Waals surface area (Å²) in [5.74, 6) is -0.0710. The number of β-amino-alcohol motifs (C(OH)–C–C–N with tert-alkyl or cyclic N) is 1. The number of hydrogen-bond donors (Lipinski definition) is 5. The number of aliphatic hydroxyl groups excluding tert-OH is 1. The summed E-state index contributed by atoms with van der Waals surface area (Å²) in [5, 5.41) is 16.8. The Labute approximate surface area is 193 Å². The van der Waals surface area contributed by atoms with Crippen molar-refractivity contribution < 1.29 is 19.5 Å². The first kappa shape index (κ1) is 26.1. The second kappa shape index (κ2) is 11.6. The molecule has 3 amide bonds. The standard InChI is InChI=1S/C22H35N5O4S/c1-22(2,3)26-21(31)17-12-32-13-27(17)11-18(28)16(9-14-7-5-4-6-8-14)25-20(30)15(23)10-19(24)29/h4-8,15-18,28H,9-13,23H2,1-3H3,(H2,24,29)(H,25,30)(H,26,31)/t15-,16-,17-,18+/m0/s1. The third kappa shape index (κ3) is 8.42. The van der Waals surface area contributed by atoms with E-state index in [1.165, 1.54) is 0 Å². The molecule has 0 unspecified atom stereocenters. The number of nitrogens with zero attached hydrogens (tertiary/aromatic N) is 1. The van der Waals surface area contributed by atoms with Crippen LogP contribution in [0.2, 0.25) is 0 Å². The molecule has 1 saturated heterocycles. The quantitative estimate of drug-likeness (QED) is 0.314. The Bertz CT molecular complexity index is 786. The minimum atomic E-state index is -1.09. The normalized spacial score (nSPS) is 19.7. The van der Waals surface area contributed by atoms with Crippen molar-refractivity contribution in [1.29, 1.82) is 0 Å². The first-order valence-corrected chi connectivity index (χ1v) is 11.8. The van der Waals surface area contributed by atoms with E-state index in [1.54, 1.807) is 11.8 Å². The van der Waals surface area contributed by atoms with Crippen LogP contribution in [-0.2, 0) is 20.8 Å². The zero-order valence-electron chi connectivity index (χ0n) is 18.9. The molecule has 0 aliphatic carbocycles. The molecule has 0 spiro atoms. The molecule has 0 radical (unpaired) electrons. The van der Waals surface area contributed by atoms with E-state index in [0.717, 1.165) is 5.56 Å². The topological polar surface area (TPSA) is 151 Å². The molecule has 0 saturated carbocycles. The Morgan fingerprint density at radius 3 is 2.50 bits per heavy atom. The number of carbonyl (C=O) groups is 3. The molecule has 1 fully saturated rings. The molecule has 1 aliphatic heterocycles. The fourth-order valence-corrected chi connectivity index (χ4v) is 4.68. The first-order chi connectivity index (χ1) is 15.0. The first-order valence-electron chi connectivity index (χ1n) is 10.7. The highest BCUT2D eigenvalue weighted by molar-refractivity contribution is 7.99. The Morgan fingerprint density at radius 2 is 1.91 bits per heavy atom. The number of thioether (sulfide) groups is 1. The molecule has 1 heterocycles. The highest BCUT2D eigenvalue weighted by atomic mass is 32.2. The molecule has 1 aromatic rings. The van der Waals surface area contributed by atoms with Crippen LogP contribution in [0.5, 0.6) is 0 Å². The van der Waals surface area contributed by atoms with E-state index in [2.05, 4.69) is 10.6 Å². The van der Waals surface area contributed by atoms with E-state index >= 15 is 0 Å². The number of primary amides is 1. The molecular weight excluding hydrogens is 430 g/mol. The van der Waals surface area contributed by atoms with Crippen molar-refractivity contribution in [1.82, 2.24) is 15.5 Å². The molecule has 1 aliphatic rings. The maximum atomic E-state index is 12.7. The van der Waals surface area contributed by atoms with Crippen molar-refractivity contribution in [3.05, 3.63) is 35.9 Å². The molecular formula is C22H35N5O4S. The van der Waals surface area contributed by atoms with Gasteiger partial charge in [-0.2, -0.15) is 0 Å². The molecule has 0 bridgehead atoms. The Kier molecular flexibility index (Phi) is 9.50. The van der Waals surface area contributed by atoms with Crippen LogP contribution in [0.25, 0.3) is 0 Å². The van der Waals surface area contributed by atoms with Crippen molar-refractivity contribution in [3.8, 4) is 0 Å². The van der Waals surface area contributed by atoms with Gasteiger partial charge in [0, 0.05) is 23.7 Å². The van der Waals surface area contributed by atoms with Gasteiger partial charge < -0.3 is 27.2 Å². The van der Waals surface area contributed by atoms with Crippen molar-refractivity contribution >= 4 is 29.5 Å². The second-order valence-corrected chi connectivity index (χ2v) is 10.2. The van der Waals surface area contributed by atoms with Gasteiger partial charge in [-0.25, -0.2) is 0 Å². The molecule has 0 aromatic heterocycles. The number of rotatable bonds is 10. The van der Waals surface area contributed by atoms with E-state index < -0.39 is 30.0 Å². The van der Waals surface area contributed by atoms with Crippen LogP contribution in [0.3, 0.4) is 0 Å². The van der Waals surface area contributed by atoms with Gasteiger partial charge in [0.05, 0.1) is 30.7 Å². The number of amides is 3. The zero-order valence-corrected chi connectivity index (χ0v) is 19.7. The third-order valence-corrected chi connectivity index (χ3v) is 6.11. The van der Waals surface area contributed by atoms with Crippen LogP contribution in [0.15, 0.2) is 30.3 Å². The predicted molar refractivity (Wildman–Crippen MR) is 126 cm³/mol. The number of benzene rings is 1. The smallest absolute Gasteiger partial charge is 0.238 e. The third-order valence-electron chi connectivity index (χ3n) is 5.04. The van der Waals surface area contributed by atoms with Crippen molar-refractivity contribution in [3.63, 3.8) is 0 Å². The summed E-state index contributed by atoms with van der Waals surface area (Å²) in [6.07, 6.45) is -0.863. The fourth-order valence-electron chi connectivity index (χ4n) is 3.47. The van der Waals surface area contributed by atoms with Gasteiger partial charge in [0.1, 0.15) is 0 Å². The predicted octanol–water partition coefficient (Wildman–Crippen LogP) is -0.433. The van der Waals surface area contributed by atoms with Gasteiger partial charge in [-0.3, -0.25) is 19.3 Å². The minimum absolute atomic E-state index is 0.0816.